The molecule has 0 spiro atoms. The third-order valence-electron chi connectivity index (χ3n) is 1.79. The number of hydrogen-bond donors (Lipinski definition) is 0. The Balaban J connectivity index is 2.69. The van der Waals surface area contributed by atoms with E-state index in [1.807, 2.05) is 24.3 Å². The van der Waals surface area contributed by atoms with Crippen molar-refractivity contribution < 1.29 is 9.59 Å². The molecular formula is C10H10BrNO2. The number of hydrogen-bond acceptors (Lipinski definition) is 2. The number of halogens is 1. The molecule has 0 aliphatic rings. The molecule has 0 unspecified atom stereocenters. The van der Waals surface area contributed by atoms with Crippen LogP contribution in [-0.2, 0) is 16.1 Å². The standard InChI is InChI=1S/C10H10BrNO2/c1-12(10(14)7-13)6-8-3-2-4-9(11)5-8/h2-5,7H,6H2,1H3. The van der Waals surface area contributed by atoms with Crippen LogP contribution in [0.5, 0.6) is 0 Å². The Morgan fingerprint density at radius 1 is 1.57 bits per heavy atom. The monoisotopic (exact) mass is 255 g/mol. The van der Waals surface area contributed by atoms with E-state index in [9.17, 15) is 9.59 Å². The summed E-state index contributed by atoms with van der Waals surface area (Å²) >= 11 is 3.33. The number of carbonyl (C=O) groups is 2. The highest BCUT2D eigenvalue weighted by Crippen LogP contribution is 2.12. The first-order valence-corrected chi connectivity index (χ1v) is 4.87. The van der Waals surface area contributed by atoms with Crippen molar-refractivity contribution in [3.05, 3.63) is 34.3 Å². The van der Waals surface area contributed by atoms with Crippen LogP contribution >= 0.6 is 15.9 Å². The zero-order valence-corrected chi connectivity index (χ0v) is 9.32. The Morgan fingerprint density at radius 2 is 2.29 bits per heavy atom. The average Bonchev–Trinajstić information content (AvgIpc) is 2.16. The van der Waals surface area contributed by atoms with Gasteiger partial charge in [-0.3, -0.25) is 9.59 Å². The van der Waals surface area contributed by atoms with E-state index < -0.39 is 5.91 Å². The molecular weight excluding hydrogens is 246 g/mol. The topological polar surface area (TPSA) is 37.4 Å². The minimum Gasteiger partial charge on any atom is -0.335 e. The fraction of sp³-hybridized carbons (Fsp3) is 0.200. The van der Waals surface area contributed by atoms with Gasteiger partial charge in [0.05, 0.1) is 0 Å². The zero-order chi connectivity index (χ0) is 10.6. The summed E-state index contributed by atoms with van der Waals surface area (Å²) in [6.07, 6.45) is 0.317. The van der Waals surface area contributed by atoms with E-state index >= 15 is 0 Å². The third-order valence-corrected chi connectivity index (χ3v) is 2.28. The van der Waals surface area contributed by atoms with Gasteiger partial charge in [0.1, 0.15) is 0 Å². The summed E-state index contributed by atoms with van der Waals surface area (Å²) in [6.45, 7) is 0.441. The molecule has 0 heterocycles. The Labute approximate surface area is 90.8 Å². The van der Waals surface area contributed by atoms with E-state index in [1.165, 1.54) is 4.90 Å². The molecule has 0 atom stereocenters. The van der Waals surface area contributed by atoms with Crippen LogP contribution in [0.2, 0.25) is 0 Å². The van der Waals surface area contributed by atoms with Crippen LogP contribution < -0.4 is 0 Å². The molecule has 3 nitrogen and oxygen atoms in total. The number of nitrogens with zero attached hydrogens (tertiary/aromatic N) is 1. The molecule has 1 rings (SSSR count). The second kappa shape index (κ2) is 4.91. The van der Waals surface area contributed by atoms with E-state index in [2.05, 4.69) is 15.9 Å². The van der Waals surface area contributed by atoms with Crippen molar-refractivity contribution in [2.24, 2.45) is 0 Å². The van der Waals surface area contributed by atoms with E-state index in [0.717, 1.165) is 10.0 Å². The molecule has 0 saturated heterocycles. The van der Waals surface area contributed by atoms with Crippen molar-refractivity contribution in [2.45, 2.75) is 6.54 Å². The molecule has 74 valence electrons. The molecule has 1 aromatic carbocycles. The zero-order valence-electron chi connectivity index (χ0n) is 7.74. The maximum atomic E-state index is 10.9. The minimum atomic E-state index is -0.509. The molecule has 0 saturated carbocycles. The molecule has 0 aromatic heterocycles. The fourth-order valence-corrected chi connectivity index (χ4v) is 1.52. The van der Waals surface area contributed by atoms with Gasteiger partial charge < -0.3 is 4.90 Å². The van der Waals surface area contributed by atoms with Crippen LogP contribution in [0.1, 0.15) is 5.56 Å². The van der Waals surface area contributed by atoms with Crippen molar-refractivity contribution in [3.63, 3.8) is 0 Å². The van der Waals surface area contributed by atoms with Crippen LogP contribution in [0.3, 0.4) is 0 Å². The summed E-state index contributed by atoms with van der Waals surface area (Å²) in [4.78, 5) is 22.5. The molecule has 1 aromatic rings. The van der Waals surface area contributed by atoms with Gasteiger partial charge in [0.15, 0.2) is 0 Å². The summed E-state index contributed by atoms with van der Waals surface area (Å²) < 4.78 is 0.960. The lowest BCUT2D eigenvalue weighted by atomic mass is 10.2. The van der Waals surface area contributed by atoms with E-state index in [1.54, 1.807) is 7.05 Å². The van der Waals surface area contributed by atoms with Gasteiger partial charge >= 0.3 is 0 Å². The van der Waals surface area contributed by atoms with Crippen molar-refractivity contribution >= 4 is 28.1 Å². The van der Waals surface area contributed by atoms with Gasteiger partial charge in [0.25, 0.3) is 5.91 Å². The highest BCUT2D eigenvalue weighted by Gasteiger charge is 2.06. The van der Waals surface area contributed by atoms with Gasteiger partial charge in [-0.2, -0.15) is 0 Å². The van der Waals surface area contributed by atoms with E-state index in [-0.39, 0.29) is 0 Å². The number of carbonyl (C=O) groups excluding carboxylic acids is 2. The van der Waals surface area contributed by atoms with Gasteiger partial charge in [-0.15, -0.1) is 0 Å². The van der Waals surface area contributed by atoms with Crippen LogP contribution in [0.4, 0.5) is 0 Å². The van der Waals surface area contributed by atoms with Crippen molar-refractivity contribution in [1.82, 2.24) is 4.90 Å². The van der Waals surface area contributed by atoms with Gasteiger partial charge in [-0.05, 0) is 17.7 Å². The maximum absolute atomic E-state index is 10.9. The summed E-state index contributed by atoms with van der Waals surface area (Å²) in [7, 11) is 1.59. The second-order valence-electron chi connectivity index (χ2n) is 2.94. The highest BCUT2D eigenvalue weighted by atomic mass is 79.9. The predicted octanol–water partition coefficient (Wildman–Crippen LogP) is 1.61. The largest absolute Gasteiger partial charge is 0.335 e. The van der Waals surface area contributed by atoms with Crippen molar-refractivity contribution in [3.8, 4) is 0 Å². The smallest absolute Gasteiger partial charge is 0.286 e. The molecule has 0 radical (unpaired) electrons. The van der Waals surface area contributed by atoms with Crippen molar-refractivity contribution in [2.75, 3.05) is 7.05 Å². The Kier molecular flexibility index (Phi) is 3.83. The number of benzene rings is 1. The maximum Gasteiger partial charge on any atom is 0.286 e. The Bertz CT molecular complexity index is 352. The van der Waals surface area contributed by atoms with E-state index in [0.29, 0.717) is 12.8 Å². The normalized spacial score (nSPS) is 9.57. The number of likely N-dealkylation sites (N-methyl/N-ethyl adjacent to an activating group) is 1. The lowest BCUT2D eigenvalue weighted by molar-refractivity contribution is -0.138. The SMILES string of the molecule is CN(Cc1cccc(Br)c1)C(=O)C=O. The summed E-state index contributed by atoms with van der Waals surface area (Å²) in [5, 5.41) is 0. The van der Waals surface area contributed by atoms with Crippen LogP contribution in [0, 0.1) is 0 Å². The first kappa shape index (κ1) is 10.9. The van der Waals surface area contributed by atoms with Gasteiger partial charge in [-0.1, -0.05) is 28.1 Å². The fourth-order valence-electron chi connectivity index (χ4n) is 1.08. The van der Waals surface area contributed by atoms with Crippen molar-refractivity contribution in [1.29, 1.82) is 0 Å². The molecule has 1 amide bonds. The average molecular weight is 256 g/mol. The van der Waals surface area contributed by atoms with Gasteiger partial charge in [0, 0.05) is 18.1 Å². The predicted molar refractivity (Wildman–Crippen MR) is 56.7 cm³/mol. The number of aldehydes is 1. The minimum absolute atomic E-state index is 0.317. The number of rotatable bonds is 3. The van der Waals surface area contributed by atoms with Gasteiger partial charge in [0.2, 0.25) is 6.29 Å². The molecule has 0 bridgehead atoms. The first-order chi connectivity index (χ1) is 6.63. The van der Waals surface area contributed by atoms with Crippen LogP contribution in [-0.4, -0.2) is 24.1 Å². The molecule has 0 aliphatic carbocycles. The summed E-state index contributed by atoms with van der Waals surface area (Å²) in [6, 6.07) is 7.61. The molecule has 0 N–H and O–H groups in total. The summed E-state index contributed by atoms with van der Waals surface area (Å²) in [5.74, 6) is -0.509. The lowest BCUT2D eigenvalue weighted by Gasteiger charge is -2.13. The molecule has 0 fully saturated rings. The number of amides is 1. The van der Waals surface area contributed by atoms with Crippen LogP contribution in [0.15, 0.2) is 28.7 Å². The quantitative estimate of drug-likeness (QED) is 0.608. The molecule has 0 aliphatic heterocycles. The van der Waals surface area contributed by atoms with Crippen LogP contribution in [0.25, 0.3) is 0 Å². The Morgan fingerprint density at radius 3 is 2.86 bits per heavy atom. The lowest BCUT2D eigenvalue weighted by Crippen LogP contribution is -2.26. The second-order valence-corrected chi connectivity index (χ2v) is 3.86. The molecule has 14 heavy (non-hydrogen) atoms. The third kappa shape index (κ3) is 2.96. The Hall–Kier alpha value is -1.16. The van der Waals surface area contributed by atoms with Gasteiger partial charge in [-0.25, -0.2) is 0 Å². The first-order valence-electron chi connectivity index (χ1n) is 4.08. The highest BCUT2D eigenvalue weighted by molar-refractivity contribution is 9.10. The summed E-state index contributed by atoms with van der Waals surface area (Å²) in [5.41, 5.74) is 0.983. The van der Waals surface area contributed by atoms with E-state index in [4.69, 9.17) is 0 Å². The molecule has 4 heteroatoms.